The minimum absolute atomic E-state index is 0.300. The quantitative estimate of drug-likeness (QED) is 0.575. The van der Waals surface area contributed by atoms with Crippen molar-refractivity contribution in [2.24, 2.45) is 0 Å². The van der Waals surface area contributed by atoms with Crippen LogP contribution in [0.2, 0.25) is 0 Å². The summed E-state index contributed by atoms with van der Waals surface area (Å²) in [6.07, 6.45) is 0. The van der Waals surface area contributed by atoms with Crippen molar-refractivity contribution in [3.8, 4) is 0 Å². The maximum absolute atomic E-state index is 10.9. The van der Waals surface area contributed by atoms with E-state index in [9.17, 15) is 9.59 Å². The van der Waals surface area contributed by atoms with E-state index in [1.165, 1.54) is 0 Å². The molecule has 1 aromatic rings. The molecule has 1 aliphatic rings. The highest BCUT2D eigenvalue weighted by atomic mass is 36.2. The number of nitrogens with one attached hydrogen (secondary N) is 1. The van der Waals surface area contributed by atoms with Crippen molar-refractivity contribution < 1.29 is 9.59 Å². The summed E-state index contributed by atoms with van der Waals surface area (Å²) in [5, 5.41) is 2.20. The Balaban J connectivity index is 0.000000221. The van der Waals surface area contributed by atoms with Gasteiger partial charge in [0.25, 0.3) is 11.8 Å². The van der Waals surface area contributed by atoms with Crippen LogP contribution in [0.4, 0.5) is 0 Å². The molecule has 8 heteroatoms. The van der Waals surface area contributed by atoms with Crippen LogP contribution in [0.3, 0.4) is 0 Å². The molecular weight excluding hydrogens is 315 g/mol. The summed E-state index contributed by atoms with van der Waals surface area (Å²) >= 11 is 19.8. The lowest BCUT2D eigenvalue weighted by atomic mass is 10.1. The van der Waals surface area contributed by atoms with Crippen LogP contribution in [0.5, 0.6) is 0 Å². The molecule has 0 aliphatic carbocycles. The standard InChI is InChI=1S/C8H5NO2.Cl4P/c10-7-5-3-1-2-4-6(5)8(11)9-7;1-5(2,3)4/h1-4H,(H,9,10,11);/q;+1. The number of rotatable bonds is 0. The lowest BCUT2D eigenvalue weighted by Gasteiger charge is -1.88. The molecule has 0 spiro atoms. The van der Waals surface area contributed by atoms with Gasteiger partial charge in [-0.2, -0.15) is 0 Å². The van der Waals surface area contributed by atoms with Gasteiger partial charge < -0.3 is 0 Å². The Hall–Kier alpha value is -0.0500. The zero-order valence-electron chi connectivity index (χ0n) is 7.58. The zero-order chi connectivity index (χ0) is 12.3. The molecule has 1 aliphatic heterocycles. The van der Waals surface area contributed by atoms with Crippen LogP contribution in [-0.2, 0) is 0 Å². The van der Waals surface area contributed by atoms with Crippen LogP contribution in [-0.4, -0.2) is 11.8 Å². The third kappa shape index (κ3) is 4.44. The van der Waals surface area contributed by atoms with Crippen LogP contribution in [0, 0.1) is 0 Å². The topological polar surface area (TPSA) is 46.2 Å². The van der Waals surface area contributed by atoms with Gasteiger partial charge in [0.2, 0.25) is 0 Å². The number of hydrogen-bond donors (Lipinski definition) is 1. The highest BCUT2D eigenvalue weighted by Gasteiger charge is 2.28. The molecule has 2 rings (SSSR count). The monoisotopic (exact) mass is 318 g/mol. The second-order valence-electron chi connectivity index (χ2n) is 2.71. The first-order valence-electron chi connectivity index (χ1n) is 3.91. The molecule has 0 fully saturated rings. The summed E-state index contributed by atoms with van der Waals surface area (Å²) in [6, 6.07) is 6.74. The number of carbonyl (C=O) groups excluding carboxylic acids is 2. The predicted molar refractivity (Wildman–Crippen MR) is 68.6 cm³/mol. The number of benzene rings is 1. The molecule has 1 heterocycles. The molecule has 0 bridgehead atoms. The van der Waals surface area contributed by atoms with Crippen molar-refractivity contribution in [3.63, 3.8) is 0 Å². The van der Waals surface area contributed by atoms with Gasteiger partial charge in [-0.25, -0.2) is 0 Å². The smallest absolute Gasteiger partial charge is 0.288 e. The predicted octanol–water partition coefficient (Wildman–Crippen LogP) is 4.19. The highest BCUT2D eigenvalue weighted by Crippen LogP contribution is 2.78. The van der Waals surface area contributed by atoms with Crippen molar-refractivity contribution >= 4 is 61.5 Å². The van der Waals surface area contributed by atoms with Gasteiger partial charge in [0.15, 0.2) is 0 Å². The average molecular weight is 320 g/mol. The first kappa shape index (κ1) is 14.0. The number of hydrogen-bond acceptors (Lipinski definition) is 2. The van der Waals surface area contributed by atoms with Gasteiger partial charge in [-0.15, -0.1) is 0 Å². The third-order valence-corrected chi connectivity index (χ3v) is 1.64. The minimum atomic E-state index is -2.50. The molecule has 1 aromatic carbocycles. The summed E-state index contributed by atoms with van der Waals surface area (Å²) < 4.78 is -2.50. The van der Waals surface area contributed by atoms with Crippen molar-refractivity contribution in [1.29, 1.82) is 0 Å². The molecule has 0 radical (unpaired) electrons. The maximum atomic E-state index is 10.9. The SMILES string of the molecule is Cl[P+](Cl)(Cl)Cl.O=C1NC(=O)c2ccccc21. The molecule has 16 heavy (non-hydrogen) atoms. The Morgan fingerprint density at radius 3 is 1.50 bits per heavy atom. The highest BCUT2D eigenvalue weighted by molar-refractivity contribution is 8.46. The van der Waals surface area contributed by atoms with E-state index in [1.54, 1.807) is 24.3 Å². The first-order valence-corrected chi connectivity index (χ1v) is 9.32. The fraction of sp³-hybridized carbons (Fsp3) is 0. The lowest BCUT2D eigenvalue weighted by molar-refractivity contribution is 0.0879. The summed E-state index contributed by atoms with van der Waals surface area (Å²) in [6.45, 7) is 0. The Bertz CT molecular complexity index is 393. The maximum Gasteiger partial charge on any atom is 0.402 e. The summed E-state index contributed by atoms with van der Waals surface area (Å²) in [7, 11) is 0. The molecular formula is C8H5Cl4NO2P+. The van der Waals surface area contributed by atoms with E-state index in [0.717, 1.165) is 0 Å². The number of fused-ring (bicyclic) bond motifs is 1. The molecule has 2 amide bonds. The van der Waals surface area contributed by atoms with Crippen molar-refractivity contribution in [2.75, 3.05) is 0 Å². The van der Waals surface area contributed by atoms with Gasteiger partial charge >= 0.3 is 4.67 Å². The third-order valence-electron chi connectivity index (χ3n) is 1.64. The molecule has 0 aromatic heterocycles. The van der Waals surface area contributed by atoms with Crippen LogP contribution in [0.15, 0.2) is 24.3 Å². The van der Waals surface area contributed by atoms with E-state index in [0.29, 0.717) is 11.1 Å². The average Bonchev–Trinajstić information content (AvgIpc) is 2.41. The van der Waals surface area contributed by atoms with E-state index >= 15 is 0 Å². The van der Waals surface area contributed by atoms with Gasteiger partial charge in [0.1, 0.15) is 45.0 Å². The van der Waals surface area contributed by atoms with E-state index in [2.05, 4.69) is 5.32 Å². The summed E-state index contributed by atoms with van der Waals surface area (Å²) in [4.78, 5) is 21.9. The lowest BCUT2D eigenvalue weighted by Crippen LogP contribution is -2.19. The molecule has 1 N–H and O–H groups in total. The Morgan fingerprint density at radius 1 is 0.875 bits per heavy atom. The number of imide groups is 1. The van der Waals surface area contributed by atoms with E-state index in [4.69, 9.17) is 45.0 Å². The normalized spacial score (nSPS) is 13.8. The second kappa shape index (κ2) is 5.52. The zero-order valence-corrected chi connectivity index (χ0v) is 11.5. The Morgan fingerprint density at radius 2 is 1.19 bits per heavy atom. The minimum Gasteiger partial charge on any atom is -0.288 e. The molecule has 3 nitrogen and oxygen atoms in total. The van der Waals surface area contributed by atoms with Crippen LogP contribution in [0.1, 0.15) is 20.7 Å². The van der Waals surface area contributed by atoms with Gasteiger partial charge in [-0.05, 0) is 12.1 Å². The summed E-state index contributed by atoms with van der Waals surface area (Å²) in [5.74, 6) is -0.601. The van der Waals surface area contributed by atoms with Gasteiger partial charge in [-0.3, -0.25) is 14.9 Å². The van der Waals surface area contributed by atoms with Gasteiger partial charge in [0, 0.05) is 0 Å². The largest absolute Gasteiger partial charge is 0.402 e. The van der Waals surface area contributed by atoms with Crippen molar-refractivity contribution in [3.05, 3.63) is 35.4 Å². The van der Waals surface area contributed by atoms with Crippen LogP contribution >= 0.6 is 49.6 Å². The first-order chi connectivity index (χ1) is 7.29. The molecule has 0 unspecified atom stereocenters. The molecule has 0 saturated heterocycles. The van der Waals surface area contributed by atoms with Crippen LogP contribution < -0.4 is 5.32 Å². The van der Waals surface area contributed by atoms with E-state index < -0.39 is 4.67 Å². The second-order valence-corrected chi connectivity index (χ2v) is 12.7. The van der Waals surface area contributed by atoms with Gasteiger partial charge in [-0.1, -0.05) is 12.1 Å². The Labute approximate surface area is 112 Å². The fourth-order valence-corrected chi connectivity index (χ4v) is 1.12. The van der Waals surface area contributed by atoms with Crippen molar-refractivity contribution in [2.45, 2.75) is 0 Å². The number of carbonyl (C=O) groups is 2. The Kier molecular flexibility index (Phi) is 4.84. The van der Waals surface area contributed by atoms with Crippen molar-refractivity contribution in [1.82, 2.24) is 5.32 Å². The molecule has 0 saturated carbocycles. The fourth-order valence-electron chi connectivity index (χ4n) is 1.12. The number of amides is 2. The molecule has 86 valence electrons. The van der Waals surface area contributed by atoms with E-state index in [-0.39, 0.29) is 11.8 Å². The van der Waals surface area contributed by atoms with Crippen LogP contribution in [0.25, 0.3) is 0 Å². The summed E-state index contributed by atoms with van der Waals surface area (Å²) in [5.41, 5.74) is 0.940. The van der Waals surface area contributed by atoms with E-state index in [1.807, 2.05) is 0 Å². The number of halogens is 4. The van der Waals surface area contributed by atoms with Gasteiger partial charge in [0.05, 0.1) is 11.1 Å². The molecule has 0 atom stereocenters.